The average molecular weight is 586 g/mol. The van der Waals surface area contributed by atoms with Crippen molar-refractivity contribution in [3.05, 3.63) is 101 Å². The molecule has 0 spiro atoms. The smallest absolute Gasteiger partial charge is 0.408 e. The van der Waals surface area contributed by atoms with E-state index < -0.39 is 23.8 Å². The van der Waals surface area contributed by atoms with E-state index in [9.17, 15) is 19.5 Å². The third-order valence-corrected chi connectivity index (χ3v) is 7.58. The molecular weight excluding hydrogens is 542 g/mol. The topological polar surface area (TPSA) is 108 Å². The van der Waals surface area contributed by atoms with Crippen LogP contribution in [0.1, 0.15) is 69.3 Å². The number of aromatic hydroxyl groups is 1. The van der Waals surface area contributed by atoms with Crippen molar-refractivity contribution in [2.45, 2.75) is 84.2 Å². The number of hydrogen-bond donors (Lipinski definition) is 3. The van der Waals surface area contributed by atoms with Crippen molar-refractivity contribution in [2.75, 3.05) is 0 Å². The zero-order valence-corrected chi connectivity index (χ0v) is 25.7. The number of nitrogens with zero attached hydrogens (tertiary/aromatic N) is 1. The van der Waals surface area contributed by atoms with Gasteiger partial charge < -0.3 is 25.4 Å². The van der Waals surface area contributed by atoms with Crippen molar-refractivity contribution >= 4 is 17.9 Å². The molecule has 1 fully saturated rings. The first-order chi connectivity index (χ1) is 20.4. The molecule has 0 radical (unpaired) electrons. The molecule has 4 atom stereocenters. The molecule has 3 N–H and O–H groups in total. The third-order valence-electron chi connectivity index (χ3n) is 7.58. The van der Waals surface area contributed by atoms with Gasteiger partial charge in [-0.3, -0.25) is 9.59 Å². The minimum absolute atomic E-state index is 0.103. The van der Waals surface area contributed by atoms with Gasteiger partial charge in [-0.25, -0.2) is 4.79 Å². The van der Waals surface area contributed by atoms with Gasteiger partial charge in [0.2, 0.25) is 11.8 Å². The van der Waals surface area contributed by atoms with Crippen molar-refractivity contribution in [2.24, 2.45) is 5.92 Å². The van der Waals surface area contributed by atoms with Crippen LogP contribution in [0.15, 0.2) is 78.9 Å². The minimum atomic E-state index is -1.01. The molecule has 8 heteroatoms. The molecule has 228 valence electrons. The van der Waals surface area contributed by atoms with E-state index in [1.54, 1.807) is 49.9 Å². The Morgan fingerprint density at radius 3 is 2.09 bits per heavy atom. The van der Waals surface area contributed by atoms with E-state index >= 15 is 0 Å². The van der Waals surface area contributed by atoms with Crippen LogP contribution in [-0.2, 0) is 33.7 Å². The maximum absolute atomic E-state index is 14.6. The molecular formula is C35H43N3O5. The average Bonchev–Trinajstić information content (AvgIpc) is 3.70. The lowest BCUT2D eigenvalue weighted by Crippen LogP contribution is -2.54. The van der Waals surface area contributed by atoms with E-state index in [1.807, 2.05) is 54.6 Å². The van der Waals surface area contributed by atoms with E-state index in [1.165, 1.54) is 0 Å². The molecule has 8 nitrogen and oxygen atoms in total. The van der Waals surface area contributed by atoms with E-state index in [0.717, 1.165) is 29.5 Å². The Morgan fingerprint density at radius 1 is 0.930 bits per heavy atom. The fourth-order valence-corrected chi connectivity index (χ4v) is 5.13. The van der Waals surface area contributed by atoms with E-state index in [0.29, 0.717) is 12.1 Å². The Hall–Kier alpha value is -4.33. The number of nitrogens with one attached hydrogen (secondary N) is 2. The zero-order chi connectivity index (χ0) is 31.1. The number of ether oxygens (including phenoxy) is 1. The Bertz CT molecular complexity index is 1380. The molecule has 0 heterocycles. The maximum atomic E-state index is 14.6. The predicted octanol–water partition coefficient (Wildman–Crippen LogP) is 5.69. The summed E-state index contributed by atoms with van der Waals surface area (Å²) in [7, 11) is 0. The highest BCUT2D eigenvalue weighted by Gasteiger charge is 2.48. The van der Waals surface area contributed by atoms with Crippen LogP contribution in [0.5, 0.6) is 5.75 Å². The van der Waals surface area contributed by atoms with Gasteiger partial charge in [-0.15, -0.1) is 0 Å². The lowest BCUT2D eigenvalue weighted by molar-refractivity contribution is -0.143. The van der Waals surface area contributed by atoms with Crippen molar-refractivity contribution in [3.63, 3.8) is 0 Å². The molecule has 3 amide bonds. The van der Waals surface area contributed by atoms with Gasteiger partial charge >= 0.3 is 6.09 Å². The van der Waals surface area contributed by atoms with Crippen LogP contribution >= 0.6 is 0 Å². The summed E-state index contributed by atoms with van der Waals surface area (Å²) in [4.78, 5) is 43.3. The maximum Gasteiger partial charge on any atom is 0.408 e. The van der Waals surface area contributed by atoms with Crippen LogP contribution in [0.25, 0.3) is 0 Å². The highest BCUT2D eigenvalue weighted by atomic mass is 16.6. The lowest BCUT2D eigenvalue weighted by atomic mass is 9.98. The predicted molar refractivity (Wildman–Crippen MR) is 166 cm³/mol. The number of benzene rings is 3. The van der Waals surface area contributed by atoms with E-state index in [4.69, 9.17) is 4.74 Å². The number of carbonyl (C=O) groups excluding carboxylic acids is 3. The van der Waals surface area contributed by atoms with Crippen molar-refractivity contribution < 1.29 is 24.2 Å². The van der Waals surface area contributed by atoms with Crippen LogP contribution in [0.3, 0.4) is 0 Å². The zero-order valence-electron chi connectivity index (χ0n) is 25.7. The molecule has 4 unspecified atom stereocenters. The second-order valence-corrected chi connectivity index (χ2v) is 12.3. The summed E-state index contributed by atoms with van der Waals surface area (Å²) in [5.41, 5.74) is 2.76. The standard InChI is InChI=1S/C35H43N3O5/c1-6-24-12-16-27(17-13-24)31(32(40)36-22-26-10-8-7-9-11-26)38(30-20-23(30)2)33(41)29(37-34(42)43-35(3,4)5)21-25-14-18-28(39)19-15-25/h7-19,23,29-31,39H,6,20-22H2,1-5H3,(H,36,40)(H,37,42). The van der Waals surface area contributed by atoms with Crippen LogP contribution in [0, 0.1) is 5.92 Å². The van der Waals surface area contributed by atoms with Crippen molar-refractivity contribution in [1.82, 2.24) is 15.5 Å². The Labute approximate surface area is 254 Å². The van der Waals surface area contributed by atoms with Gasteiger partial charge in [0.1, 0.15) is 23.4 Å². The quantitative estimate of drug-likeness (QED) is 0.268. The number of rotatable bonds is 11. The van der Waals surface area contributed by atoms with Gasteiger partial charge in [-0.05, 0) is 73.9 Å². The molecule has 43 heavy (non-hydrogen) atoms. The summed E-state index contributed by atoms with van der Waals surface area (Å²) in [6, 6.07) is 21.9. The highest BCUT2D eigenvalue weighted by Crippen LogP contribution is 2.41. The van der Waals surface area contributed by atoms with E-state index in [-0.39, 0.29) is 35.9 Å². The largest absolute Gasteiger partial charge is 0.508 e. The van der Waals surface area contributed by atoms with Crippen LogP contribution in [-0.4, -0.2) is 45.6 Å². The first-order valence-corrected chi connectivity index (χ1v) is 14.9. The van der Waals surface area contributed by atoms with E-state index in [2.05, 4.69) is 24.5 Å². The Balaban J connectivity index is 1.71. The Morgan fingerprint density at radius 2 is 1.53 bits per heavy atom. The number of phenols is 1. The summed E-state index contributed by atoms with van der Waals surface area (Å²) in [6.45, 7) is 9.72. The van der Waals surface area contributed by atoms with Gasteiger partial charge in [-0.2, -0.15) is 0 Å². The highest BCUT2D eigenvalue weighted by molar-refractivity contribution is 5.92. The van der Waals surface area contributed by atoms with Crippen LogP contribution in [0.2, 0.25) is 0 Å². The second kappa shape index (κ2) is 13.8. The summed E-state index contributed by atoms with van der Waals surface area (Å²) in [6.07, 6.45) is 1.04. The molecule has 1 aliphatic rings. The molecule has 3 aromatic carbocycles. The summed E-state index contributed by atoms with van der Waals surface area (Å²) >= 11 is 0. The number of aryl methyl sites for hydroxylation is 1. The van der Waals surface area contributed by atoms with Crippen molar-refractivity contribution in [1.29, 1.82) is 0 Å². The first kappa shape index (κ1) is 31.6. The number of amides is 3. The van der Waals surface area contributed by atoms with Crippen molar-refractivity contribution in [3.8, 4) is 5.75 Å². The molecule has 0 saturated heterocycles. The third kappa shape index (κ3) is 8.83. The van der Waals surface area contributed by atoms with Crippen LogP contribution in [0.4, 0.5) is 4.79 Å². The fourth-order valence-electron chi connectivity index (χ4n) is 5.13. The molecule has 0 bridgehead atoms. The summed E-state index contributed by atoms with van der Waals surface area (Å²) in [5.74, 6) is -0.362. The van der Waals surface area contributed by atoms with Gasteiger partial charge in [0.05, 0.1) is 0 Å². The molecule has 4 rings (SSSR count). The van der Waals surface area contributed by atoms with Gasteiger partial charge in [0.15, 0.2) is 0 Å². The first-order valence-electron chi connectivity index (χ1n) is 14.9. The summed E-state index contributed by atoms with van der Waals surface area (Å²) < 4.78 is 5.52. The summed E-state index contributed by atoms with van der Waals surface area (Å²) in [5, 5.41) is 15.6. The van der Waals surface area contributed by atoms with Crippen LogP contribution < -0.4 is 10.6 Å². The number of hydrogen-bond acceptors (Lipinski definition) is 5. The SMILES string of the molecule is CCc1ccc(C(C(=O)NCc2ccccc2)N(C(=O)C(Cc2ccc(O)cc2)NC(=O)OC(C)(C)C)C2CC2C)cc1. The second-order valence-electron chi connectivity index (χ2n) is 12.3. The number of phenolic OH excluding ortho intramolecular Hbond substituents is 1. The normalized spacial score (nSPS) is 17.3. The Kier molecular flexibility index (Phi) is 10.1. The molecule has 0 aliphatic heterocycles. The number of alkyl carbamates (subject to hydrolysis) is 1. The number of carbonyl (C=O) groups is 3. The molecule has 1 saturated carbocycles. The molecule has 0 aromatic heterocycles. The monoisotopic (exact) mass is 585 g/mol. The van der Waals surface area contributed by atoms with Gasteiger partial charge in [0, 0.05) is 19.0 Å². The minimum Gasteiger partial charge on any atom is -0.508 e. The lowest BCUT2D eigenvalue weighted by Gasteiger charge is -2.35. The molecule has 1 aliphatic carbocycles. The fraction of sp³-hybridized carbons (Fsp3) is 0.400. The molecule has 3 aromatic rings. The van der Waals surface area contributed by atoms with Gasteiger partial charge in [-0.1, -0.05) is 80.6 Å². The van der Waals surface area contributed by atoms with Gasteiger partial charge in [0.25, 0.3) is 0 Å².